The quantitative estimate of drug-likeness (QED) is 0.823. The molecule has 4 nitrogen and oxygen atoms in total. The number of unbranched alkanes of at least 4 members (excludes halogenated alkanes) is 2. The molecular formula is C14H20N4. The van der Waals surface area contributed by atoms with Gasteiger partial charge >= 0.3 is 0 Å². The number of nitrogens with zero attached hydrogens (tertiary/aromatic N) is 3. The Bertz CT molecular complexity index is 502. The van der Waals surface area contributed by atoms with E-state index in [0.717, 1.165) is 23.6 Å². The molecule has 0 atom stereocenters. The third kappa shape index (κ3) is 2.53. The van der Waals surface area contributed by atoms with Gasteiger partial charge in [-0.2, -0.15) is 5.10 Å². The highest BCUT2D eigenvalue weighted by Crippen LogP contribution is 2.22. The second-order valence-corrected chi connectivity index (χ2v) is 4.53. The number of rotatable bonds is 5. The molecule has 4 heteroatoms. The fraction of sp³-hybridized carbons (Fsp3) is 0.429. The molecule has 0 spiro atoms. The van der Waals surface area contributed by atoms with E-state index in [0.29, 0.717) is 0 Å². The summed E-state index contributed by atoms with van der Waals surface area (Å²) >= 11 is 0. The standard InChI is InChI=1S/C14H20N4/c1-3-4-5-8-13-11(2)17-18(14(13)15)12-7-6-9-16-10-12/h6-7,9-10H,3-5,8,15H2,1-2H3. The number of nitrogens with two attached hydrogens (primary N) is 1. The van der Waals surface area contributed by atoms with Crippen molar-refractivity contribution in [2.24, 2.45) is 0 Å². The Morgan fingerprint density at radius 3 is 2.83 bits per heavy atom. The molecule has 0 saturated carbocycles. The van der Waals surface area contributed by atoms with Gasteiger partial charge in [0.15, 0.2) is 0 Å². The molecular weight excluding hydrogens is 224 g/mol. The van der Waals surface area contributed by atoms with Gasteiger partial charge in [-0.3, -0.25) is 4.98 Å². The Hall–Kier alpha value is -1.84. The Balaban J connectivity index is 2.26. The van der Waals surface area contributed by atoms with E-state index in [2.05, 4.69) is 17.0 Å². The van der Waals surface area contributed by atoms with Crippen molar-refractivity contribution in [2.45, 2.75) is 39.5 Å². The Kier molecular flexibility index (Phi) is 3.97. The molecule has 2 rings (SSSR count). The van der Waals surface area contributed by atoms with Crippen molar-refractivity contribution in [1.82, 2.24) is 14.8 Å². The molecule has 0 bridgehead atoms. The summed E-state index contributed by atoms with van der Waals surface area (Å²) in [4.78, 5) is 4.10. The SMILES string of the molecule is CCCCCc1c(C)nn(-c2cccnc2)c1N. The lowest BCUT2D eigenvalue weighted by atomic mass is 10.1. The third-order valence-electron chi connectivity index (χ3n) is 3.14. The van der Waals surface area contributed by atoms with Gasteiger partial charge in [0, 0.05) is 11.8 Å². The van der Waals surface area contributed by atoms with Crippen LogP contribution in [-0.4, -0.2) is 14.8 Å². The number of pyridine rings is 1. The van der Waals surface area contributed by atoms with Crippen LogP contribution >= 0.6 is 0 Å². The molecule has 2 aromatic rings. The van der Waals surface area contributed by atoms with Crippen molar-refractivity contribution < 1.29 is 0 Å². The zero-order valence-corrected chi connectivity index (χ0v) is 11.1. The lowest BCUT2D eigenvalue weighted by Crippen LogP contribution is -2.03. The van der Waals surface area contributed by atoms with E-state index in [-0.39, 0.29) is 0 Å². The topological polar surface area (TPSA) is 56.7 Å². The first-order valence-corrected chi connectivity index (χ1v) is 6.48. The van der Waals surface area contributed by atoms with Crippen LogP contribution in [0.3, 0.4) is 0 Å². The first-order chi connectivity index (χ1) is 8.74. The first-order valence-electron chi connectivity index (χ1n) is 6.48. The van der Waals surface area contributed by atoms with E-state index in [4.69, 9.17) is 5.73 Å². The molecule has 0 aromatic carbocycles. The summed E-state index contributed by atoms with van der Waals surface area (Å²) in [5.74, 6) is 0.747. The smallest absolute Gasteiger partial charge is 0.130 e. The fourth-order valence-corrected chi connectivity index (χ4v) is 2.11. The molecule has 0 aliphatic carbocycles. The predicted octanol–water partition coefficient (Wildman–Crippen LogP) is 2.89. The molecule has 0 saturated heterocycles. The molecule has 0 unspecified atom stereocenters. The van der Waals surface area contributed by atoms with E-state index in [1.165, 1.54) is 24.8 Å². The van der Waals surface area contributed by atoms with Crippen LogP contribution in [0.25, 0.3) is 5.69 Å². The molecule has 0 aliphatic heterocycles. The number of hydrogen-bond acceptors (Lipinski definition) is 3. The van der Waals surface area contributed by atoms with Crippen LogP contribution in [0.4, 0.5) is 5.82 Å². The van der Waals surface area contributed by atoms with Gasteiger partial charge in [0.2, 0.25) is 0 Å². The summed E-state index contributed by atoms with van der Waals surface area (Å²) < 4.78 is 1.78. The highest BCUT2D eigenvalue weighted by molar-refractivity contribution is 5.49. The van der Waals surface area contributed by atoms with Gasteiger partial charge in [0.1, 0.15) is 5.82 Å². The summed E-state index contributed by atoms with van der Waals surface area (Å²) in [5.41, 5.74) is 9.30. The van der Waals surface area contributed by atoms with Crippen molar-refractivity contribution in [3.8, 4) is 5.69 Å². The third-order valence-corrected chi connectivity index (χ3v) is 3.14. The average molecular weight is 244 g/mol. The minimum absolute atomic E-state index is 0.747. The maximum Gasteiger partial charge on any atom is 0.130 e. The first kappa shape index (κ1) is 12.6. The van der Waals surface area contributed by atoms with Crippen LogP contribution in [0.15, 0.2) is 24.5 Å². The maximum absolute atomic E-state index is 6.19. The van der Waals surface area contributed by atoms with E-state index in [9.17, 15) is 0 Å². The number of aryl methyl sites for hydroxylation is 1. The molecule has 2 N–H and O–H groups in total. The minimum atomic E-state index is 0.747. The average Bonchev–Trinajstić information content (AvgIpc) is 2.68. The minimum Gasteiger partial charge on any atom is -0.383 e. The monoisotopic (exact) mass is 244 g/mol. The summed E-state index contributed by atoms with van der Waals surface area (Å²) in [6.45, 7) is 4.22. The van der Waals surface area contributed by atoms with Crippen LogP contribution in [0, 0.1) is 6.92 Å². The number of anilines is 1. The molecule has 0 amide bonds. The summed E-state index contributed by atoms with van der Waals surface area (Å²) in [7, 11) is 0. The van der Waals surface area contributed by atoms with Crippen molar-refractivity contribution >= 4 is 5.82 Å². The lowest BCUT2D eigenvalue weighted by molar-refractivity contribution is 0.716. The second kappa shape index (κ2) is 5.67. The molecule has 2 heterocycles. The number of aromatic nitrogens is 3. The van der Waals surface area contributed by atoms with Crippen molar-refractivity contribution in [3.63, 3.8) is 0 Å². The van der Waals surface area contributed by atoms with Crippen molar-refractivity contribution in [3.05, 3.63) is 35.8 Å². The fourth-order valence-electron chi connectivity index (χ4n) is 2.11. The van der Waals surface area contributed by atoms with Gasteiger partial charge < -0.3 is 5.73 Å². The highest BCUT2D eigenvalue weighted by atomic mass is 15.3. The van der Waals surface area contributed by atoms with Gasteiger partial charge in [0.25, 0.3) is 0 Å². The summed E-state index contributed by atoms with van der Waals surface area (Å²) in [6.07, 6.45) is 8.15. The van der Waals surface area contributed by atoms with Crippen LogP contribution < -0.4 is 5.73 Å². The molecule has 0 fully saturated rings. The van der Waals surface area contributed by atoms with E-state index in [1.54, 1.807) is 17.1 Å². The molecule has 2 aromatic heterocycles. The van der Waals surface area contributed by atoms with Crippen LogP contribution in [-0.2, 0) is 6.42 Å². The second-order valence-electron chi connectivity index (χ2n) is 4.53. The van der Waals surface area contributed by atoms with Crippen LogP contribution in [0.1, 0.15) is 37.4 Å². The van der Waals surface area contributed by atoms with Crippen molar-refractivity contribution in [1.29, 1.82) is 0 Å². The summed E-state index contributed by atoms with van der Waals surface area (Å²) in [6, 6.07) is 3.86. The van der Waals surface area contributed by atoms with Gasteiger partial charge in [-0.1, -0.05) is 19.8 Å². The zero-order valence-electron chi connectivity index (χ0n) is 11.1. The summed E-state index contributed by atoms with van der Waals surface area (Å²) in [5, 5.41) is 4.51. The Labute approximate surface area is 108 Å². The Morgan fingerprint density at radius 1 is 1.33 bits per heavy atom. The number of nitrogen functional groups attached to an aromatic ring is 1. The number of hydrogen-bond donors (Lipinski definition) is 1. The molecule has 96 valence electrons. The van der Waals surface area contributed by atoms with E-state index < -0.39 is 0 Å². The molecule has 0 aliphatic rings. The highest BCUT2D eigenvalue weighted by Gasteiger charge is 2.13. The normalized spacial score (nSPS) is 10.8. The van der Waals surface area contributed by atoms with Crippen molar-refractivity contribution in [2.75, 3.05) is 5.73 Å². The van der Waals surface area contributed by atoms with Gasteiger partial charge in [-0.15, -0.1) is 0 Å². The molecule has 0 radical (unpaired) electrons. The lowest BCUT2D eigenvalue weighted by Gasteiger charge is -2.04. The largest absolute Gasteiger partial charge is 0.383 e. The predicted molar refractivity (Wildman–Crippen MR) is 73.7 cm³/mol. The van der Waals surface area contributed by atoms with Gasteiger partial charge in [-0.05, 0) is 31.9 Å². The van der Waals surface area contributed by atoms with E-state index in [1.807, 2.05) is 19.1 Å². The van der Waals surface area contributed by atoms with Crippen LogP contribution in [0.2, 0.25) is 0 Å². The molecule has 18 heavy (non-hydrogen) atoms. The van der Waals surface area contributed by atoms with E-state index >= 15 is 0 Å². The van der Waals surface area contributed by atoms with Crippen LogP contribution in [0.5, 0.6) is 0 Å². The van der Waals surface area contributed by atoms with Gasteiger partial charge in [-0.25, -0.2) is 4.68 Å². The Morgan fingerprint density at radius 2 is 2.17 bits per heavy atom. The maximum atomic E-state index is 6.19. The zero-order chi connectivity index (χ0) is 13.0. The van der Waals surface area contributed by atoms with Gasteiger partial charge in [0.05, 0.1) is 17.6 Å².